The Bertz CT molecular complexity index is 3580. The van der Waals surface area contributed by atoms with Gasteiger partial charge in [0.25, 0.3) is 0 Å². The van der Waals surface area contributed by atoms with E-state index in [9.17, 15) is 0 Å². The van der Waals surface area contributed by atoms with Gasteiger partial charge in [-0.1, -0.05) is 259 Å². The summed E-state index contributed by atoms with van der Waals surface area (Å²) in [7, 11) is 0. The molecule has 0 saturated carbocycles. The summed E-state index contributed by atoms with van der Waals surface area (Å²) in [6.07, 6.45) is 59.9. The molecule has 10 heteroatoms. The normalized spacial score (nSPS) is 11.9. The number of rotatable bonds is 53. The molecule has 0 unspecified atom stereocenters. The first-order valence-electron chi connectivity index (χ1n) is 40.3. The van der Waals surface area contributed by atoms with Crippen LogP contribution in [0.25, 0.3) is 87.8 Å². The van der Waals surface area contributed by atoms with Crippen LogP contribution in [0.1, 0.15) is 317 Å². The Morgan fingerprint density at radius 3 is 0.560 bits per heavy atom. The van der Waals surface area contributed by atoms with E-state index < -0.39 is 0 Å². The number of unbranched alkanes of at least 4 members (excludes halogenated alkanes) is 36. The molecule has 10 heterocycles. The average Bonchev–Trinajstić information content (AvgIpc) is 1.63. The molecule has 0 radical (unpaired) electrons. The van der Waals surface area contributed by atoms with Gasteiger partial charge in [0.1, 0.15) is 0 Å². The molecule has 0 atom stereocenters. The van der Waals surface area contributed by atoms with Crippen molar-refractivity contribution in [2.75, 3.05) is 0 Å². The van der Waals surface area contributed by atoms with Crippen LogP contribution in [0.4, 0.5) is 0 Å². The van der Waals surface area contributed by atoms with Crippen molar-refractivity contribution in [2.45, 2.75) is 324 Å². The third-order valence-corrected chi connectivity index (χ3v) is 33.2. The van der Waals surface area contributed by atoms with E-state index in [2.05, 4.69) is 161 Å². The van der Waals surface area contributed by atoms with Gasteiger partial charge in [0.05, 0.1) is 0 Å². The SMILES string of the molecule is CCCCCCCCCCCCc1cc(C)sc1-c1ccc(-c2ccc(-c3ccc(-c4sc(-c5cc(CCCCCCCCCCCC)c(-c6ccc(-c7ccc(-c8ccc(-c9sc(C)cc9CCCCCCCCCCCC)s8)s7)s6)s5)cc4CCCCCCCCCCCC)s3)s2)s1. The second-order valence-electron chi connectivity index (χ2n) is 29.1. The van der Waals surface area contributed by atoms with Gasteiger partial charge in [-0.2, -0.15) is 0 Å². The van der Waals surface area contributed by atoms with E-state index >= 15 is 0 Å². The third kappa shape index (κ3) is 25.1. The van der Waals surface area contributed by atoms with Crippen molar-refractivity contribution in [1.82, 2.24) is 0 Å². The molecule has 0 aliphatic rings. The lowest BCUT2D eigenvalue weighted by Gasteiger charge is -2.04. The standard InChI is InChI=1S/C90H122S10/c1-7-11-15-19-23-27-31-35-39-43-47-69-63-67(5)91-87(69)81-59-55-77(95-81)73-51-53-75(93-73)79-57-61-83(97-79)89-71(49-45-41-37-33-29-25-21-17-13-9-3)65-85(99-89)86-66-72(50-46-42-38-34-30-26-22-18-14-10-4)90(100-86)84-62-58-80(98-84)76-54-52-74(94-76)78-56-60-82(96-78)88-70(64-68(6)92-88)48-44-40-36-32-28-24-20-16-12-8-2/h51-66H,7-50H2,1-6H3. The Hall–Kier alpha value is -3.00. The summed E-state index contributed by atoms with van der Waals surface area (Å²) < 4.78 is 0. The second-order valence-corrected chi connectivity index (χ2v) is 40.2. The van der Waals surface area contributed by atoms with Crippen LogP contribution in [0.3, 0.4) is 0 Å². The number of hydrogen-bond donors (Lipinski definition) is 0. The highest BCUT2D eigenvalue weighted by Gasteiger charge is 2.23. The smallest absolute Gasteiger partial charge is 0.0481 e. The summed E-state index contributed by atoms with van der Waals surface area (Å²) in [6, 6.07) is 39.3. The zero-order valence-corrected chi connectivity index (χ0v) is 70.6. The fourth-order valence-electron chi connectivity index (χ4n) is 14.6. The zero-order chi connectivity index (χ0) is 69.4. The fraction of sp³-hybridized carbons (Fsp3) is 0.556. The molecule has 0 aliphatic carbocycles. The van der Waals surface area contributed by atoms with Crippen LogP contribution in [0.5, 0.6) is 0 Å². The molecule has 0 nitrogen and oxygen atoms in total. The summed E-state index contributed by atoms with van der Waals surface area (Å²) >= 11 is 20.2. The number of thiophene rings is 10. The summed E-state index contributed by atoms with van der Waals surface area (Å²) in [4.78, 5) is 28.8. The lowest BCUT2D eigenvalue weighted by Crippen LogP contribution is -1.87. The van der Waals surface area contributed by atoms with Crippen molar-refractivity contribution in [1.29, 1.82) is 0 Å². The summed E-state index contributed by atoms with van der Waals surface area (Å²) in [5.41, 5.74) is 6.26. The van der Waals surface area contributed by atoms with Gasteiger partial charge < -0.3 is 0 Å². The number of aryl methyl sites for hydroxylation is 6. The van der Waals surface area contributed by atoms with E-state index in [1.807, 2.05) is 90.7 Å². The minimum Gasteiger partial charge on any atom is -0.139 e. The Labute approximate surface area is 648 Å². The van der Waals surface area contributed by atoms with E-state index in [1.165, 1.54) is 367 Å². The minimum atomic E-state index is 1.16. The van der Waals surface area contributed by atoms with Gasteiger partial charge in [0.2, 0.25) is 0 Å². The maximum Gasteiger partial charge on any atom is 0.0481 e. The van der Waals surface area contributed by atoms with Gasteiger partial charge in [-0.15, -0.1) is 113 Å². The van der Waals surface area contributed by atoms with Crippen LogP contribution in [0, 0.1) is 13.8 Å². The second kappa shape index (κ2) is 44.8. The fourth-order valence-corrected chi connectivity index (χ4v) is 26.2. The van der Waals surface area contributed by atoms with Crippen LogP contribution < -0.4 is 0 Å². The topological polar surface area (TPSA) is 0 Å². The molecule has 0 fully saturated rings. The van der Waals surface area contributed by atoms with Crippen LogP contribution in [-0.2, 0) is 25.7 Å². The minimum absolute atomic E-state index is 1.16. The molecule has 0 spiro atoms. The van der Waals surface area contributed by atoms with Crippen LogP contribution in [0.15, 0.2) is 97.1 Å². The monoisotopic (exact) mass is 1520 g/mol. The van der Waals surface area contributed by atoms with E-state index in [0.717, 1.165) is 12.8 Å². The van der Waals surface area contributed by atoms with Gasteiger partial charge in [-0.05, 0) is 185 Å². The van der Waals surface area contributed by atoms with Gasteiger partial charge in [0.15, 0.2) is 0 Å². The molecule has 10 aromatic rings. The largest absolute Gasteiger partial charge is 0.139 e. The summed E-state index contributed by atoms with van der Waals surface area (Å²) in [5.74, 6) is 0. The summed E-state index contributed by atoms with van der Waals surface area (Å²) in [6.45, 7) is 13.9. The number of hydrogen-bond acceptors (Lipinski definition) is 10. The van der Waals surface area contributed by atoms with E-state index in [0.29, 0.717) is 0 Å². The van der Waals surface area contributed by atoms with E-state index in [1.54, 1.807) is 22.3 Å². The molecule has 0 N–H and O–H groups in total. The van der Waals surface area contributed by atoms with Crippen molar-refractivity contribution in [3.8, 4) is 87.8 Å². The van der Waals surface area contributed by atoms with Crippen molar-refractivity contribution in [3.05, 3.63) is 129 Å². The summed E-state index contributed by atoms with van der Waals surface area (Å²) in [5, 5.41) is 0. The molecular formula is C90H122S10. The highest BCUT2D eigenvalue weighted by molar-refractivity contribution is 7.32. The highest BCUT2D eigenvalue weighted by atomic mass is 32.1. The van der Waals surface area contributed by atoms with Gasteiger partial charge in [-0.25, -0.2) is 0 Å². The average molecular weight is 1520 g/mol. The van der Waals surface area contributed by atoms with Gasteiger partial charge in [-0.3, -0.25) is 0 Å². The van der Waals surface area contributed by atoms with Crippen LogP contribution in [0.2, 0.25) is 0 Å². The highest BCUT2D eigenvalue weighted by Crippen LogP contribution is 2.52. The molecule has 10 rings (SSSR count). The van der Waals surface area contributed by atoms with Crippen LogP contribution >= 0.6 is 113 Å². The lowest BCUT2D eigenvalue weighted by molar-refractivity contribution is 0.556. The van der Waals surface area contributed by atoms with Crippen molar-refractivity contribution in [2.24, 2.45) is 0 Å². The maximum absolute atomic E-state index is 2.64. The molecule has 0 saturated heterocycles. The van der Waals surface area contributed by atoms with Gasteiger partial charge in [0, 0.05) is 97.5 Å². The van der Waals surface area contributed by atoms with Gasteiger partial charge >= 0.3 is 0 Å². The quantitative estimate of drug-likeness (QED) is 0.0333. The molecular weight excluding hydrogens is 1400 g/mol. The zero-order valence-electron chi connectivity index (χ0n) is 62.4. The molecule has 10 aromatic heterocycles. The molecule has 0 bridgehead atoms. The molecule has 0 amide bonds. The third-order valence-electron chi connectivity index (χ3n) is 20.4. The molecule has 0 aromatic carbocycles. The predicted molar refractivity (Wildman–Crippen MR) is 466 cm³/mol. The molecule has 542 valence electrons. The first-order valence-corrected chi connectivity index (χ1v) is 48.5. The van der Waals surface area contributed by atoms with E-state index in [-0.39, 0.29) is 0 Å². The van der Waals surface area contributed by atoms with Crippen LogP contribution in [-0.4, -0.2) is 0 Å². The van der Waals surface area contributed by atoms with Crippen molar-refractivity contribution < 1.29 is 0 Å². The Morgan fingerprint density at radius 1 is 0.170 bits per heavy atom. The first kappa shape index (κ1) is 79.6. The Kier molecular flexibility index (Phi) is 35.7. The maximum atomic E-state index is 2.64. The Morgan fingerprint density at radius 2 is 0.340 bits per heavy atom. The lowest BCUT2D eigenvalue weighted by atomic mass is 10.0. The predicted octanol–water partition coefficient (Wildman–Crippen LogP) is 35.8. The molecule has 0 aliphatic heterocycles. The van der Waals surface area contributed by atoms with E-state index in [4.69, 9.17) is 0 Å². The van der Waals surface area contributed by atoms with Crippen molar-refractivity contribution in [3.63, 3.8) is 0 Å². The Balaban J connectivity index is 0.836. The molecule has 100 heavy (non-hydrogen) atoms. The van der Waals surface area contributed by atoms with Crippen molar-refractivity contribution >= 4 is 113 Å². The first-order chi connectivity index (χ1) is 49.3.